The molecule has 2 unspecified atom stereocenters. The first kappa shape index (κ1) is 24.2. The van der Waals surface area contributed by atoms with Crippen LogP contribution in [-0.2, 0) is 24.5 Å². The van der Waals surface area contributed by atoms with Crippen molar-refractivity contribution >= 4 is 0 Å². The second-order valence-corrected chi connectivity index (χ2v) is 9.73. The summed E-state index contributed by atoms with van der Waals surface area (Å²) in [6.45, 7) is 4.33. The maximum Gasteiger partial charge on any atom is 0.164 e. The summed E-state index contributed by atoms with van der Waals surface area (Å²) in [5.41, 5.74) is 2.33. The van der Waals surface area contributed by atoms with E-state index in [2.05, 4.69) is 36.4 Å². The molecule has 2 heterocycles. The minimum Gasteiger partial charge on any atom is -0.396 e. The zero-order valence-electron chi connectivity index (χ0n) is 20.4. The van der Waals surface area contributed by atoms with Crippen LogP contribution < -0.4 is 0 Å². The number of benzene rings is 3. The highest BCUT2D eigenvalue weighted by Crippen LogP contribution is 2.44. The van der Waals surface area contributed by atoms with Crippen molar-refractivity contribution in [3.63, 3.8) is 0 Å². The van der Waals surface area contributed by atoms with Crippen LogP contribution >= 0.6 is 0 Å². The van der Waals surface area contributed by atoms with Gasteiger partial charge in [-0.1, -0.05) is 91.0 Å². The van der Waals surface area contributed by atoms with Crippen LogP contribution in [0, 0.1) is 0 Å². The highest BCUT2D eigenvalue weighted by molar-refractivity contribution is 5.47. The minimum atomic E-state index is -0.819. The lowest BCUT2D eigenvalue weighted by Crippen LogP contribution is -2.39. The molecular formula is C30H34O5. The number of hydrogen-bond acceptors (Lipinski definition) is 5. The molecule has 2 saturated heterocycles. The molecule has 2 aliphatic heterocycles. The van der Waals surface area contributed by atoms with Gasteiger partial charge >= 0.3 is 0 Å². The fraction of sp³-hybridized carbons (Fsp3) is 0.400. The standard InChI is InChI=1S/C30H34O5/c1-29(2)34-27-25(19-12-20-31)33-26(28(27)35-29)21-32-30(22-13-6-3-7-14-22,23-15-8-4-9-16-23)24-17-10-5-11-18-24/h3-11,13-18,25-28,31H,12,19-21H2,1-2H3/t25?,26?,27-,28+/m0/s1. The van der Waals surface area contributed by atoms with Gasteiger partial charge in [-0.2, -0.15) is 0 Å². The summed E-state index contributed by atoms with van der Waals surface area (Å²) < 4.78 is 25.9. The van der Waals surface area contributed by atoms with Crippen LogP contribution in [0.25, 0.3) is 0 Å². The highest BCUT2D eigenvalue weighted by Gasteiger charge is 2.55. The van der Waals surface area contributed by atoms with E-state index in [0.29, 0.717) is 13.0 Å². The Bertz CT molecular complexity index is 973. The summed E-state index contributed by atoms with van der Waals surface area (Å²) in [5.74, 6) is -0.676. The van der Waals surface area contributed by atoms with Gasteiger partial charge in [-0.25, -0.2) is 0 Å². The molecule has 0 saturated carbocycles. The molecule has 0 aromatic heterocycles. The van der Waals surface area contributed by atoms with Gasteiger partial charge in [0.1, 0.15) is 23.9 Å². The fourth-order valence-electron chi connectivity index (χ4n) is 5.41. The number of aliphatic hydroxyl groups is 1. The quantitative estimate of drug-likeness (QED) is 0.440. The van der Waals surface area contributed by atoms with E-state index in [9.17, 15) is 5.11 Å². The van der Waals surface area contributed by atoms with Crippen LogP contribution in [0.15, 0.2) is 91.0 Å². The van der Waals surface area contributed by atoms with E-state index in [1.54, 1.807) is 0 Å². The van der Waals surface area contributed by atoms with E-state index in [1.807, 2.05) is 68.4 Å². The van der Waals surface area contributed by atoms with Crippen molar-refractivity contribution in [1.82, 2.24) is 0 Å². The molecule has 2 fully saturated rings. The van der Waals surface area contributed by atoms with Crippen molar-refractivity contribution in [3.8, 4) is 0 Å². The first-order valence-electron chi connectivity index (χ1n) is 12.5. The second kappa shape index (κ2) is 10.2. The smallest absolute Gasteiger partial charge is 0.164 e. The highest BCUT2D eigenvalue weighted by atomic mass is 16.8. The van der Waals surface area contributed by atoms with Gasteiger partial charge in [0, 0.05) is 6.61 Å². The topological polar surface area (TPSA) is 57.2 Å². The average molecular weight is 475 g/mol. The molecule has 184 valence electrons. The fourth-order valence-corrected chi connectivity index (χ4v) is 5.41. The average Bonchev–Trinajstić information content (AvgIpc) is 3.38. The first-order valence-corrected chi connectivity index (χ1v) is 12.5. The van der Waals surface area contributed by atoms with Gasteiger partial charge < -0.3 is 24.1 Å². The summed E-state index contributed by atoms with van der Waals surface area (Å²) in [5, 5.41) is 9.37. The van der Waals surface area contributed by atoms with Crippen molar-refractivity contribution in [2.24, 2.45) is 0 Å². The number of aliphatic hydroxyl groups excluding tert-OH is 1. The van der Waals surface area contributed by atoms with E-state index in [4.69, 9.17) is 18.9 Å². The lowest BCUT2D eigenvalue weighted by molar-refractivity contribution is -0.196. The van der Waals surface area contributed by atoms with Crippen LogP contribution in [-0.4, -0.2) is 48.5 Å². The Hall–Kier alpha value is -2.54. The molecular weight excluding hydrogens is 440 g/mol. The number of hydrogen-bond donors (Lipinski definition) is 1. The zero-order chi connectivity index (χ0) is 24.3. The van der Waals surface area contributed by atoms with Gasteiger partial charge in [-0.3, -0.25) is 0 Å². The van der Waals surface area contributed by atoms with Crippen LogP contribution in [0.2, 0.25) is 0 Å². The summed E-state index contributed by atoms with van der Waals surface area (Å²) in [6.07, 6.45) is 0.545. The predicted octanol–water partition coefficient (Wildman–Crippen LogP) is 5.06. The molecule has 3 aromatic rings. The van der Waals surface area contributed by atoms with Crippen molar-refractivity contribution in [2.75, 3.05) is 13.2 Å². The van der Waals surface area contributed by atoms with Crippen LogP contribution in [0.5, 0.6) is 0 Å². The molecule has 5 rings (SSSR count). The van der Waals surface area contributed by atoms with Gasteiger partial charge in [-0.15, -0.1) is 0 Å². The molecule has 0 aliphatic carbocycles. The van der Waals surface area contributed by atoms with Crippen LogP contribution in [0.1, 0.15) is 43.4 Å². The molecule has 1 N–H and O–H groups in total. The number of fused-ring (bicyclic) bond motifs is 1. The monoisotopic (exact) mass is 474 g/mol. The Labute approximate surface area is 207 Å². The molecule has 0 bridgehead atoms. The van der Waals surface area contributed by atoms with Crippen molar-refractivity contribution in [1.29, 1.82) is 0 Å². The predicted molar refractivity (Wildman–Crippen MR) is 134 cm³/mol. The normalized spacial score (nSPS) is 25.5. The second-order valence-electron chi connectivity index (χ2n) is 9.73. The van der Waals surface area contributed by atoms with Gasteiger partial charge in [0.15, 0.2) is 5.79 Å². The summed E-state index contributed by atoms with van der Waals surface area (Å²) in [6, 6.07) is 31.0. The molecule has 0 amide bonds. The molecule has 2 aliphatic rings. The van der Waals surface area contributed by atoms with Gasteiger partial charge in [-0.05, 0) is 43.4 Å². The Morgan fingerprint density at radius 2 is 1.20 bits per heavy atom. The largest absolute Gasteiger partial charge is 0.396 e. The van der Waals surface area contributed by atoms with E-state index < -0.39 is 11.4 Å². The lowest BCUT2D eigenvalue weighted by atomic mass is 9.80. The summed E-state index contributed by atoms with van der Waals surface area (Å²) >= 11 is 0. The number of ether oxygens (including phenoxy) is 4. The summed E-state index contributed by atoms with van der Waals surface area (Å²) in [7, 11) is 0. The maximum atomic E-state index is 9.37. The first-order chi connectivity index (χ1) is 17.0. The third kappa shape index (κ3) is 4.80. The zero-order valence-corrected chi connectivity index (χ0v) is 20.4. The third-order valence-corrected chi connectivity index (χ3v) is 6.90. The molecule has 35 heavy (non-hydrogen) atoms. The van der Waals surface area contributed by atoms with E-state index in [0.717, 1.165) is 23.1 Å². The lowest BCUT2D eigenvalue weighted by Gasteiger charge is -2.37. The van der Waals surface area contributed by atoms with E-state index in [1.165, 1.54) is 0 Å². The molecule has 0 spiro atoms. The minimum absolute atomic E-state index is 0.127. The number of rotatable bonds is 9. The van der Waals surface area contributed by atoms with Gasteiger partial charge in [0.25, 0.3) is 0 Å². The summed E-state index contributed by atoms with van der Waals surface area (Å²) in [4.78, 5) is 0. The molecule has 0 radical (unpaired) electrons. The maximum absolute atomic E-state index is 9.37. The Morgan fingerprint density at radius 3 is 1.66 bits per heavy atom. The Balaban J connectivity index is 1.51. The van der Waals surface area contributed by atoms with Gasteiger partial charge in [0.2, 0.25) is 0 Å². The van der Waals surface area contributed by atoms with Crippen LogP contribution in [0.4, 0.5) is 0 Å². The third-order valence-electron chi connectivity index (χ3n) is 6.90. The molecule has 5 nitrogen and oxygen atoms in total. The molecule has 4 atom stereocenters. The van der Waals surface area contributed by atoms with Crippen molar-refractivity contribution < 1.29 is 24.1 Å². The van der Waals surface area contributed by atoms with Crippen molar-refractivity contribution in [2.45, 2.75) is 62.5 Å². The SMILES string of the molecule is CC1(C)O[C@@H]2C(COC(c3ccccc3)(c3ccccc3)c3ccccc3)OC(CCCO)[C@@H]2O1. The van der Waals surface area contributed by atoms with Gasteiger partial charge in [0.05, 0.1) is 12.7 Å². The van der Waals surface area contributed by atoms with E-state index >= 15 is 0 Å². The van der Waals surface area contributed by atoms with Crippen molar-refractivity contribution in [3.05, 3.63) is 108 Å². The van der Waals surface area contributed by atoms with Crippen LogP contribution in [0.3, 0.4) is 0 Å². The van der Waals surface area contributed by atoms with E-state index in [-0.39, 0.29) is 31.0 Å². The Morgan fingerprint density at radius 1 is 0.743 bits per heavy atom. The Kier molecular flexibility index (Phi) is 7.05. The molecule has 5 heteroatoms. The molecule has 3 aromatic carbocycles.